The summed E-state index contributed by atoms with van der Waals surface area (Å²) in [5.41, 5.74) is 0.858. The van der Waals surface area contributed by atoms with Gasteiger partial charge >= 0.3 is 0 Å². The first-order valence-corrected chi connectivity index (χ1v) is 9.49. The molecule has 140 valence electrons. The summed E-state index contributed by atoms with van der Waals surface area (Å²) in [5.74, 6) is 2.55. The molecule has 0 N–H and O–H groups in total. The van der Waals surface area contributed by atoms with Gasteiger partial charge in [-0.25, -0.2) is 0 Å². The van der Waals surface area contributed by atoms with Gasteiger partial charge in [-0.3, -0.25) is 4.90 Å². The van der Waals surface area contributed by atoms with E-state index in [1.54, 1.807) is 7.11 Å². The lowest BCUT2D eigenvalue weighted by molar-refractivity contribution is -0.0499. The third-order valence-corrected chi connectivity index (χ3v) is 5.92. The van der Waals surface area contributed by atoms with Crippen LogP contribution in [0.1, 0.15) is 38.4 Å². The van der Waals surface area contributed by atoms with Gasteiger partial charge in [0.25, 0.3) is 0 Å². The average Bonchev–Trinajstić information content (AvgIpc) is 3.20. The van der Waals surface area contributed by atoms with E-state index in [0.717, 1.165) is 62.3 Å². The van der Waals surface area contributed by atoms with Crippen LogP contribution in [-0.4, -0.2) is 58.5 Å². The number of methoxy groups -OCH3 is 1. The van der Waals surface area contributed by atoms with Crippen LogP contribution in [0.3, 0.4) is 0 Å². The van der Waals surface area contributed by atoms with Crippen LogP contribution in [0.25, 0.3) is 5.69 Å². The zero-order valence-electron chi connectivity index (χ0n) is 15.6. The van der Waals surface area contributed by atoms with Gasteiger partial charge in [-0.1, -0.05) is 6.92 Å². The van der Waals surface area contributed by atoms with E-state index >= 15 is 0 Å². The van der Waals surface area contributed by atoms with Gasteiger partial charge in [0.1, 0.15) is 5.75 Å². The molecule has 0 radical (unpaired) electrons. The van der Waals surface area contributed by atoms with E-state index < -0.39 is 0 Å². The maximum Gasteiger partial charge on any atom is 0.176 e. The van der Waals surface area contributed by atoms with E-state index in [0.29, 0.717) is 0 Å². The van der Waals surface area contributed by atoms with Gasteiger partial charge in [-0.2, -0.15) is 4.68 Å². The number of aromatic nitrogens is 4. The van der Waals surface area contributed by atoms with Crippen LogP contribution in [-0.2, 0) is 10.3 Å². The van der Waals surface area contributed by atoms with Gasteiger partial charge in [0, 0.05) is 13.1 Å². The highest BCUT2D eigenvalue weighted by Crippen LogP contribution is 2.44. The monoisotopic (exact) mass is 357 g/mol. The van der Waals surface area contributed by atoms with Crippen molar-refractivity contribution in [2.75, 3.05) is 33.4 Å². The molecule has 0 spiro atoms. The van der Waals surface area contributed by atoms with Crippen molar-refractivity contribution in [2.24, 2.45) is 5.92 Å². The highest BCUT2D eigenvalue weighted by Gasteiger charge is 2.45. The Morgan fingerprint density at radius 3 is 2.46 bits per heavy atom. The Morgan fingerprint density at radius 2 is 1.81 bits per heavy atom. The summed E-state index contributed by atoms with van der Waals surface area (Å²) >= 11 is 0. The molecule has 26 heavy (non-hydrogen) atoms. The Labute approximate surface area is 154 Å². The Bertz CT molecular complexity index is 716. The third kappa shape index (κ3) is 3.10. The predicted molar refractivity (Wildman–Crippen MR) is 97.4 cm³/mol. The number of benzene rings is 1. The van der Waals surface area contributed by atoms with Crippen molar-refractivity contribution in [3.05, 3.63) is 30.1 Å². The lowest BCUT2D eigenvalue weighted by atomic mass is 9.75. The van der Waals surface area contributed by atoms with Crippen molar-refractivity contribution in [1.29, 1.82) is 0 Å². The van der Waals surface area contributed by atoms with Crippen LogP contribution in [0.15, 0.2) is 24.3 Å². The Morgan fingerprint density at radius 1 is 1.12 bits per heavy atom. The number of nitrogens with zero attached hydrogens (tertiary/aromatic N) is 5. The van der Waals surface area contributed by atoms with Gasteiger partial charge < -0.3 is 9.47 Å². The van der Waals surface area contributed by atoms with E-state index in [4.69, 9.17) is 9.47 Å². The average molecular weight is 357 g/mol. The van der Waals surface area contributed by atoms with E-state index in [2.05, 4.69) is 27.3 Å². The van der Waals surface area contributed by atoms with Crippen molar-refractivity contribution in [1.82, 2.24) is 25.1 Å². The number of hydrogen-bond donors (Lipinski definition) is 0. The molecule has 7 heteroatoms. The molecule has 2 heterocycles. The quantitative estimate of drug-likeness (QED) is 0.837. The molecule has 0 bridgehead atoms. The highest BCUT2D eigenvalue weighted by atomic mass is 16.5. The highest BCUT2D eigenvalue weighted by molar-refractivity contribution is 5.37. The van der Waals surface area contributed by atoms with Gasteiger partial charge in [-0.15, -0.1) is 5.10 Å². The number of hydrogen-bond acceptors (Lipinski definition) is 6. The second-order valence-corrected chi connectivity index (χ2v) is 7.43. The molecule has 7 nitrogen and oxygen atoms in total. The zero-order chi connectivity index (χ0) is 18.0. The van der Waals surface area contributed by atoms with Gasteiger partial charge in [-0.05, 0) is 66.3 Å². The fraction of sp³-hybridized carbons (Fsp3) is 0.632. The fourth-order valence-corrected chi connectivity index (χ4v) is 4.29. The molecule has 1 aliphatic carbocycles. The molecule has 0 atom stereocenters. The van der Waals surface area contributed by atoms with E-state index in [-0.39, 0.29) is 5.54 Å². The summed E-state index contributed by atoms with van der Waals surface area (Å²) in [5, 5.41) is 12.9. The van der Waals surface area contributed by atoms with Crippen LogP contribution >= 0.6 is 0 Å². The molecule has 1 saturated heterocycles. The lowest BCUT2D eigenvalue weighted by Crippen LogP contribution is -2.54. The van der Waals surface area contributed by atoms with Gasteiger partial charge in [0.05, 0.1) is 31.5 Å². The lowest BCUT2D eigenvalue weighted by Gasteiger charge is -2.47. The normalized spacial score (nSPS) is 27.4. The van der Waals surface area contributed by atoms with E-state index in [1.807, 2.05) is 28.9 Å². The summed E-state index contributed by atoms with van der Waals surface area (Å²) in [6.07, 6.45) is 4.58. The Balaban J connectivity index is 1.73. The molecule has 1 aromatic heterocycles. The molecule has 2 aromatic rings. The SMILES string of the molecule is COc1ccc(-n2nnnc2C2(N3CCOCC3)CCC(C)CC2)cc1. The van der Waals surface area contributed by atoms with Crippen LogP contribution < -0.4 is 4.74 Å². The summed E-state index contributed by atoms with van der Waals surface area (Å²) in [6, 6.07) is 7.92. The Kier molecular flexibility index (Phi) is 4.91. The minimum Gasteiger partial charge on any atom is -0.497 e. The number of tetrazole rings is 1. The first-order chi connectivity index (χ1) is 12.7. The molecular formula is C19H27N5O2. The first-order valence-electron chi connectivity index (χ1n) is 9.49. The topological polar surface area (TPSA) is 65.3 Å². The number of ether oxygens (including phenoxy) is 2. The molecule has 2 fully saturated rings. The van der Waals surface area contributed by atoms with Gasteiger partial charge in [0.15, 0.2) is 5.82 Å². The maximum atomic E-state index is 5.60. The van der Waals surface area contributed by atoms with Crippen molar-refractivity contribution >= 4 is 0 Å². The summed E-state index contributed by atoms with van der Waals surface area (Å²) in [6.45, 7) is 5.77. The molecule has 0 unspecified atom stereocenters. The standard InChI is InChI=1S/C19H27N5O2/c1-15-7-9-19(10-8-15,23-11-13-26-14-12-23)18-20-21-22-24(18)16-3-5-17(25-2)6-4-16/h3-6,15H,7-14H2,1-2H3. The van der Waals surface area contributed by atoms with Gasteiger partial charge in [0.2, 0.25) is 0 Å². The molecular weight excluding hydrogens is 330 g/mol. The minimum atomic E-state index is -0.111. The van der Waals surface area contributed by atoms with E-state index in [9.17, 15) is 0 Å². The Hall–Kier alpha value is -1.99. The second-order valence-electron chi connectivity index (χ2n) is 7.43. The number of morpholine rings is 1. The second kappa shape index (κ2) is 7.32. The molecule has 1 aromatic carbocycles. The summed E-state index contributed by atoms with van der Waals surface area (Å²) in [7, 11) is 1.67. The van der Waals surface area contributed by atoms with Crippen LogP contribution in [0.2, 0.25) is 0 Å². The molecule has 0 amide bonds. The van der Waals surface area contributed by atoms with Crippen molar-refractivity contribution in [3.8, 4) is 11.4 Å². The first kappa shape index (κ1) is 17.4. The summed E-state index contributed by atoms with van der Waals surface area (Å²) in [4.78, 5) is 2.55. The fourth-order valence-electron chi connectivity index (χ4n) is 4.29. The van der Waals surface area contributed by atoms with Crippen LogP contribution in [0.4, 0.5) is 0 Å². The maximum absolute atomic E-state index is 5.60. The third-order valence-electron chi connectivity index (χ3n) is 5.92. The van der Waals surface area contributed by atoms with Crippen LogP contribution in [0, 0.1) is 5.92 Å². The largest absolute Gasteiger partial charge is 0.497 e. The molecule has 1 aliphatic heterocycles. The smallest absolute Gasteiger partial charge is 0.176 e. The molecule has 2 aliphatic rings. The minimum absolute atomic E-state index is 0.111. The molecule has 4 rings (SSSR count). The van der Waals surface area contributed by atoms with Crippen LogP contribution in [0.5, 0.6) is 5.75 Å². The number of rotatable bonds is 4. The predicted octanol–water partition coefficient (Wildman–Crippen LogP) is 2.41. The van der Waals surface area contributed by atoms with Crippen molar-refractivity contribution in [2.45, 2.75) is 38.1 Å². The van der Waals surface area contributed by atoms with E-state index in [1.165, 1.54) is 12.8 Å². The van der Waals surface area contributed by atoms with Crippen molar-refractivity contribution < 1.29 is 9.47 Å². The van der Waals surface area contributed by atoms with Crippen molar-refractivity contribution in [3.63, 3.8) is 0 Å². The zero-order valence-corrected chi connectivity index (χ0v) is 15.6. The summed E-state index contributed by atoms with van der Waals surface area (Å²) < 4.78 is 12.8. The molecule has 1 saturated carbocycles.